The standard InChI is InChI=1S/C10H17NO3/c11-3-9-7-1-6(10(12)13)2-8(9)5-14-4-7/h6-9H,1-5,11H2,(H,12,13). The zero-order chi connectivity index (χ0) is 10.1. The quantitative estimate of drug-likeness (QED) is 0.671. The van der Waals surface area contributed by atoms with Gasteiger partial charge < -0.3 is 15.6 Å². The second-order valence-corrected chi connectivity index (χ2v) is 4.46. The molecular formula is C10H17NO3. The zero-order valence-electron chi connectivity index (χ0n) is 8.19. The summed E-state index contributed by atoms with van der Waals surface area (Å²) in [5.74, 6) is 0.399. The van der Waals surface area contributed by atoms with Gasteiger partial charge in [-0.25, -0.2) is 0 Å². The number of fused-ring (bicyclic) bond motifs is 2. The van der Waals surface area contributed by atoms with E-state index in [2.05, 4.69) is 0 Å². The van der Waals surface area contributed by atoms with Gasteiger partial charge in [0.1, 0.15) is 0 Å². The lowest BCUT2D eigenvalue weighted by atomic mass is 9.67. The minimum absolute atomic E-state index is 0.170. The van der Waals surface area contributed by atoms with Crippen LogP contribution in [0.15, 0.2) is 0 Å². The van der Waals surface area contributed by atoms with Gasteiger partial charge in [-0.05, 0) is 37.1 Å². The van der Waals surface area contributed by atoms with Gasteiger partial charge in [-0.1, -0.05) is 0 Å². The van der Waals surface area contributed by atoms with E-state index in [-0.39, 0.29) is 5.92 Å². The van der Waals surface area contributed by atoms with E-state index in [9.17, 15) is 4.79 Å². The predicted octanol–water partition coefficient (Wildman–Crippen LogP) is 0.318. The average molecular weight is 199 g/mol. The number of hydrogen-bond acceptors (Lipinski definition) is 3. The number of hydrogen-bond donors (Lipinski definition) is 2. The molecule has 1 saturated carbocycles. The van der Waals surface area contributed by atoms with Crippen LogP contribution < -0.4 is 5.73 Å². The molecule has 1 aliphatic carbocycles. The Morgan fingerprint density at radius 2 is 1.93 bits per heavy atom. The first-order valence-corrected chi connectivity index (χ1v) is 5.23. The molecule has 2 aliphatic rings. The molecule has 80 valence electrons. The summed E-state index contributed by atoms with van der Waals surface area (Å²) in [5, 5.41) is 8.98. The van der Waals surface area contributed by atoms with Crippen LogP contribution in [0.5, 0.6) is 0 Å². The van der Waals surface area contributed by atoms with Gasteiger partial charge in [0.25, 0.3) is 0 Å². The molecule has 2 atom stereocenters. The molecule has 0 aromatic rings. The Labute approximate surface area is 83.4 Å². The minimum Gasteiger partial charge on any atom is -0.481 e. The predicted molar refractivity (Wildman–Crippen MR) is 50.7 cm³/mol. The molecule has 0 amide bonds. The van der Waals surface area contributed by atoms with Crippen LogP contribution in [0.25, 0.3) is 0 Å². The molecule has 4 heteroatoms. The fraction of sp³-hybridized carbons (Fsp3) is 0.900. The summed E-state index contributed by atoms with van der Waals surface area (Å²) < 4.78 is 5.45. The Hall–Kier alpha value is -0.610. The summed E-state index contributed by atoms with van der Waals surface area (Å²) in [6, 6.07) is 0. The van der Waals surface area contributed by atoms with Crippen molar-refractivity contribution in [3.05, 3.63) is 0 Å². The normalized spacial score (nSPS) is 42.1. The molecule has 2 fully saturated rings. The lowest BCUT2D eigenvalue weighted by molar-refractivity contribution is -0.149. The lowest BCUT2D eigenvalue weighted by Crippen LogP contribution is -2.46. The van der Waals surface area contributed by atoms with Gasteiger partial charge in [0.2, 0.25) is 0 Å². The van der Waals surface area contributed by atoms with Crippen LogP contribution in [-0.2, 0) is 9.53 Å². The van der Waals surface area contributed by atoms with E-state index < -0.39 is 5.97 Å². The van der Waals surface area contributed by atoms with Crippen LogP contribution in [0.1, 0.15) is 12.8 Å². The Morgan fingerprint density at radius 3 is 2.36 bits per heavy atom. The Balaban J connectivity index is 2.08. The van der Waals surface area contributed by atoms with Crippen LogP contribution in [-0.4, -0.2) is 30.8 Å². The molecule has 4 nitrogen and oxygen atoms in total. The molecule has 1 saturated heterocycles. The van der Waals surface area contributed by atoms with Crippen LogP contribution in [0, 0.1) is 23.7 Å². The van der Waals surface area contributed by atoms with Crippen LogP contribution in [0.3, 0.4) is 0 Å². The van der Waals surface area contributed by atoms with E-state index in [1.54, 1.807) is 0 Å². The van der Waals surface area contributed by atoms with Crippen molar-refractivity contribution >= 4 is 5.97 Å². The van der Waals surface area contributed by atoms with Crippen LogP contribution in [0.2, 0.25) is 0 Å². The second kappa shape index (κ2) is 3.87. The summed E-state index contributed by atoms with van der Waals surface area (Å²) in [7, 11) is 0. The van der Waals surface area contributed by atoms with Crippen molar-refractivity contribution in [2.75, 3.05) is 19.8 Å². The number of rotatable bonds is 2. The van der Waals surface area contributed by atoms with Gasteiger partial charge in [0.15, 0.2) is 0 Å². The van der Waals surface area contributed by atoms with E-state index in [0.29, 0.717) is 37.5 Å². The van der Waals surface area contributed by atoms with Crippen molar-refractivity contribution < 1.29 is 14.6 Å². The molecule has 14 heavy (non-hydrogen) atoms. The molecule has 0 spiro atoms. The third-order valence-corrected chi connectivity index (χ3v) is 3.67. The molecule has 0 aromatic heterocycles. The van der Waals surface area contributed by atoms with Crippen molar-refractivity contribution in [1.82, 2.24) is 0 Å². The summed E-state index contributed by atoms with van der Waals surface area (Å²) >= 11 is 0. The smallest absolute Gasteiger partial charge is 0.306 e. The summed E-state index contributed by atoms with van der Waals surface area (Å²) in [6.45, 7) is 2.06. The van der Waals surface area contributed by atoms with Gasteiger partial charge in [-0.2, -0.15) is 0 Å². The summed E-state index contributed by atoms with van der Waals surface area (Å²) in [5.41, 5.74) is 5.71. The second-order valence-electron chi connectivity index (χ2n) is 4.46. The average Bonchev–Trinajstić information content (AvgIpc) is 2.15. The highest BCUT2D eigenvalue weighted by atomic mass is 16.5. The van der Waals surface area contributed by atoms with Gasteiger partial charge in [-0.15, -0.1) is 0 Å². The lowest BCUT2D eigenvalue weighted by Gasteiger charge is -2.44. The molecule has 2 unspecified atom stereocenters. The zero-order valence-corrected chi connectivity index (χ0v) is 8.19. The first-order valence-electron chi connectivity index (χ1n) is 5.23. The van der Waals surface area contributed by atoms with Gasteiger partial charge in [-0.3, -0.25) is 4.79 Å². The van der Waals surface area contributed by atoms with Gasteiger partial charge in [0.05, 0.1) is 5.92 Å². The monoisotopic (exact) mass is 199 g/mol. The third-order valence-electron chi connectivity index (χ3n) is 3.67. The molecular weight excluding hydrogens is 182 g/mol. The van der Waals surface area contributed by atoms with E-state index in [4.69, 9.17) is 15.6 Å². The highest BCUT2D eigenvalue weighted by Gasteiger charge is 2.42. The van der Waals surface area contributed by atoms with Gasteiger partial charge in [0, 0.05) is 13.2 Å². The highest BCUT2D eigenvalue weighted by Crippen LogP contribution is 2.41. The number of carboxylic acid groups (broad SMARTS) is 1. The molecule has 2 rings (SSSR count). The number of nitrogens with two attached hydrogens (primary N) is 1. The maximum absolute atomic E-state index is 10.9. The maximum Gasteiger partial charge on any atom is 0.306 e. The Kier molecular flexibility index (Phi) is 2.74. The number of carbonyl (C=O) groups is 1. The molecule has 2 bridgehead atoms. The van der Waals surface area contributed by atoms with Crippen molar-refractivity contribution in [1.29, 1.82) is 0 Å². The highest BCUT2D eigenvalue weighted by molar-refractivity contribution is 5.70. The number of carboxylic acids is 1. The third kappa shape index (κ3) is 1.64. The van der Waals surface area contributed by atoms with Crippen LogP contribution >= 0.6 is 0 Å². The van der Waals surface area contributed by atoms with Crippen molar-refractivity contribution in [2.24, 2.45) is 29.4 Å². The first-order chi connectivity index (χ1) is 6.72. The first kappa shape index (κ1) is 9.93. The van der Waals surface area contributed by atoms with E-state index in [1.165, 1.54) is 0 Å². The summed E-state index contributed by atoms with van der Waals surface area (Å²) in [4.78, 5) is 10.9. The Bertz CT molecular complexity index is 217. The summed E-state index contributed by atoms with van der Waals surface area (Å²) in [6.07, 6.45) is 1.49. The van der Waals surface area contributed by atoms with Crippen LogP contribution in [0.4, 0.5) is 0 Å². The molecule has 3 N–H and O–H groups in total. The van der Waals surface area contributed by atoms with Crippen molar-refractivity contribution in [3.63, 3.8) is 0 Å². The van der Waals surface area contributed by atoms with E-state index >= 15 is 0 Å². The largest absolute Gasteiger partial charge is 0.481 e. The SMILES string of the molecule is NCC1C2COCC1CC(C(=O)O)C2. The topological polar surface area (TPSA) is 72.5 Å². The van der Waals surface area contributed by atoms with Gasteiger partial charge >= 0.3 is 5.97 Å². The van der Waals surface area contributed by atoms with Crippen molar-refractivity contribution in [2.45, 2.75) is 12.8 Å². The molecule has 0 radical (unpaired) electrons. The van der Waals surface area contributed by atoms with E-state index in [1.807, 2.05) is 0 Å². The fourth-order valence-electron chi connectivity index (χ4n) is 2.90. The fourth-order valence-corrected chi connectivity index (χ4v) is 2.90. The van der Waals surface area contributed by atoms with Crippen molar-refractivity contribution in [3.8, 4) is 0 Å². The number of ether oxygens (including phenoxy) is 1. The van der Waals surface area contributed by atoms with E-state index in [0.717, 1.165) is 12.8 Å². The number of aliphatic carboxylic acids is 1. The minimum atomic E-state index is -0.655. The molecule has 0 aromatic carbocycles. The molecule has 1 aliphatic heterocycles. The Morgan fingerprint density at radius 1 is 1.36 bits per heavy atom. The molecule has 1 heterocycles. The maximum atomic E-state index is 10.9.